The first kappa shape index (κ1) is 20.2. The van der Waals surface area contributed by atoms with Crippen LogP contribution in [-0.2, 0) is 19.7 Å². The predicted molar refractivity (Wildman–Crippen MR) is 107 cm³/mol. The number of hydrogen-bond acceptors (Lipinski definition) is 5. The van der Waals surface area contributed by atoms with E-state index in [1.54, 1.807) is 42.7 Å². The number of nitrogens with two attached hydrogens (primary N) is 1. The Balaban J connectivity index is 1.60. The topological polar surface area (TPSA) is 75.2 Å². The number of carbonyl (C=O) groups is 1. The third-order valence-corrected chi connectivity index (χ3v) is 5.31. The van der Waals surface area contributed by atoms with Crippen molar-refractivity contribution in [1.82, 2.24) is 0 Å². The Morgan fingerprint density at radius 3 is 2.54 bits per heavy atom. The molecule has 0 radical (unpaired) electrons. The van der Waals surface area contributed by atoms with Gasteiger partial charge in [-0.2, -0.15) is 0 Å². The molecule has 0 saturated heterocycles. The molecule has 2 N–H and O–H groups in total. The van der Waals surface area contributed by atoms with E-state index in [0.717, 1.165) is 16.0 Å². The molecule has 1 aromatic heterocycles. The molecule has 3 rings (SSSR count). The van der Waals surface area contributed by atoms with Gasteiger partial charge in [-0.05, 0) is 29.1 Å². The van der Waals surface area contributed by atoms with E-state index in [0.29, 0.717) is 36.2 Å². The molecule has 0 fully saturated rings. The minimum atomic E-state index is -1.17. The highest BCUT2D eigenvalue weighted by Crippen LogP contribution is 2.37. The molecule has 146 valence electrons. The molecule has 3 aromatic rings. The van der Waals surface area contributed by atoms with Crippen LogP contribution in [0.4, 0.5) is 0 Å². The summed E-state index contributed by atoms with van der Waals surface area (Å²) >= 11 is 8.05. The Kier molecular flexibility index (Phi) is 6.92. The van der Waals surface area contributed by atoms with Gasteiger partial charge in [0, 0.05) is 16.0 Å². The fourth-order valence-corrected chi connectivity index (χ4v) is 3.66. The average Bonchev–Trinajstić information content (AvgIpc) is 3.20. The number of benzene rings is 2. The standard InChI is InChI=1S/C21H20ClNO4S/c1-26-19-10-15(9-18(22)20(19)27-13-17-3-2-8-28-17)12-23-11-14-4-6-16(7-5-14)21(24)25/h2-10,23H,11-13H2,1H3,(H,24,25). The second kappa shape index (κ2) is 9.59. The molecule has 0 aliphatic carbocycles. The molecule has 1 heterocycles. The number of carboxylic acid groups (broad SMARTS) is 1. The van der Waals surface area contributed by atoms with Crippen molar-refractivity contribution in [2.45, 2.75) is 19.7 Å². The van der Waals surface area contributed by atoms with Gasteiger partial charge in [0.15, 0.2) is 11.5 Å². The quantitative estimate of drug-likeness (QED) is 0.580. The molecule has 0 spiro atoms. The van der Waals surface area contributed by atoms with Crippen LogP contribution in [0.2, 0.25) is 5.02 Å². The van der Waals surface area contributed by atoms with Crippen LogP contribution in [0.3, 0.4) is 0 Å². The lowest BCUT2D eigenvalue weighted by atomic mass is 10.1. The second-order valence-corrected chi connectivity index (χ2v) is 7.60. The Bertz CT molecular complexity index is 926. The van der Waals surface area contributed by atoms with Crippen molar-refractivity contribution in [2.24, 2.45) is 0 Å². The number of hydrogen-bond donors (Lipinski definition) is 1. The Morgan fingerprint density at radius 1 is 1.14 bits per heavy atom. The van der Waals surface area contributed by atoms with Gasteiger partial charge in [-0.15, -0.1) is 11.3 Å². The van der Waals surface area contributed by atoms with E-state index in [-0.39, 0.29) is 5.56 Å². The van der Waals surface area contributed by atoms with Gasteiger partial charge in [-0.1, -0.05) is 41.9 Å². The summed E-state index contributed by atoms with van der Waals surface area (Å²) in [5, 5.41) is 15.4. The van der Waals surface area contributed by atoms with Crippen LogP contribution in [0.15, 0.2) is 53.9 Å². The van der Waals surface area contributed by atoms with E-state index < -0.39 is 5.97 Å². The minimum Gasteiger partial charge on any atom is -0.545 e. The fourth-order valence-electron chi connectivity index (χ4n) is 2.75. The van der Waals surface area contributed by atoms with Gasteiger partial charge >= 0.3 is 0 Å². The number of methoxy groups -OCH3 is 1. The molecule has 2 aromatic carbocycles. The van der Waals surface area contributed by atoms with Crippen LogP contribution < -0.4 is 19.9 Å². The summed E-state index contributed by atoms with van der Waals surface area (Å²) in [4.78, 5) is 11.9. The summed E-state index contributed by atoms with van der Waals surface area (Å²) in [7, 11) is 1.59. The van der Waals surface area contributed by atoms with Crippen LogP contribution in [-0.4, -0.2) is 13.1 Å². The van der Waals surface area contributed by atoms with E-state index in [1.165, 1.54) is 0 Å². The predicted octanol–water partition coefficient (Wildman–Crippen LogP) is 2.62. The van der Waals surface area contributed by atoms with Crippen LogP contribution >= 0.6 is 22.9 Å². The Hall–Kier alpha value is -2.54. The molecule has 0 aliphatic heterocycles. The van der Waals surface area contributed by atoms with Crippen molar-refractivity contribution in [1.29, 1.82) is 0 Å². The number of ether oxygens (including phenoxy) is 2. The number of aromatic carboxylic acids is 1. The molecule has 0 bridgehead atoms. The zero-order chi connectivity index (χ0) is 19.9. The highest BCUT2D eigenvalue weighted by Gasteiger charge is 2.13. The monoisotopic (exact) mass is 417 g/mol. The van der Waals surface area contributed by atoms with Crippen molar-refractivity contribution in [2.75, 3.05) is 7.11 Å². The number of halogens is 1. The summed E-state index contributed by atoms with van der Waals surface area (Å²) in [6.45, 7) is 1.86. The van der Waals surface area contributed by atoms with Gasteiger partial charge in [0.2, 0.25) is 0 Å². The number of thiophene rings is 1. The van der Waals surface area contributed by atoms with Gasteiger partial charge in [-0.25, -0.2) is 0 Å². The lowest BCUT2D eigenvalue weighted by Gasteiger charge is -2.13. The van der Waals surface area contributed by atoms with Crippen LogP contribution in [0.5, 0.6) is 11.5 Å². The van der Waals surface area contributed by atoms with E-state index in [4.69, 9.17) is 21.1 Å². The number of quaternary nitrogens is 1. The molecule has 7 heteroatoms. The fraction of sp³-hybridized carbons (Fsp3) is 0.190. The second-order valence-electron chi connectivity index (χ2n) is 6.16. The third kappa shape index (κ3) is 5.25. The van der Waals surface area contributed by atoms with Crippen molar-refractivity contribution in [3.05, 3.63) is 80.5 Å². The van der Waals surface area contributed by atoms with Crippen LogP contribution in [0.25, 0.3) is 0 Å². The van der Waals surface area contributed by atoms with Gasteiger partial charge < -0.3 is 24.7 Å². The summed E-state index contributed by atoms with van der Waals surface area (Å²) in [5.74, 6) is -0.0244. The van der Waals surface area contributed by atoms with Gasteiger partial charge in [0.25, 0.3) is 0 Å². The third-order valence-electron chi connectivity index (χ3n) is 4.18. The number of carbonyl (C=O) groups excluding carboxylic acids is 1. The molecular weight excluding hydrogens is 398 g/mol. The molecular formula is C21H20ClNO4S. The molecule has 0 amide bonds. The summed E-state index contributed by atoms with van der Waals surface area (Å²) in [5.41, 5.74) is 2.22. The summed E-state index contributed by atoms with van der Waals surface area (Å²) < 4.78 is 11.3. The zero-order valence-electron chi connectivity index (χ0n) is 15.3. The van der Waals surface area contributed by atoms with E-state index in [9.17, 15) is 9.90 Å². The maximum atomic E-state index is 10.8. The normalized spacial score (nSPS) is 10.6. The van der Waals surface area contributed by atoms with E-state index >= 15 is 0 Å². The van der Waals surface area contributed by atoms with Gasteiger partial charge in [-0.3, -0.25) is 0 Å². The molecule has 5 nitrogen and oxygen atoms in total. The molecule has 28 heavy (non-hydrogen) atoms. The SMILES string of the molecule is COc1cc(C[NH2+]Cc2ccc(C(=O)[O-])cc2)cc(Cl)c1OCc1cccs1. The maximum Gasteiger partial charge on any atom is 0.180 e. The minimum absolute atomic E-state index is 0.179. The van der Waals surface area contributed by atoms with Crippen molar-refractivity contribution < 1.29 is 24.7 Å². The van der Waals surface area contributed by atoms with Crippen LogP contribution in [0, 0.1) is 0 Å². The molecule has 0 aliphatic rings. The van der Waals surface area contributed by atoms with E-state index in [2.05, 4.69) is 5.32 Å². The molecule has 0 atom stereocenters. The molecule has 0 unspecified atom stereocenters. The smallest absolute Gasteiger partial charge is 0.180 e. The van der Waals surface area contributed by atoms with Gasteiger partial charge in [0.1, 0.15) is 19.7 Å². The zero-order valence-corrected chi connectivity index (χ0v) is 16.9. The summed E-state index contributed by atoms with van der Waals surface area (Å²) in [6, 6.07) is 14.5. The Morgan fingerprint density at radius 2 is 1.89 bits per heavy atom. The first-order valence-corrected chi connectivity index (χ1v) is 9.96. The Labute approximate surface area is 172 Å². The van der Waals surface area contributed by atoms with Crippen molar-refractivity contribution in [3.63, 3.8) is 0 Å². The summed E-state index contributed by atoms with van der Waals surface area (Å²) in [6.07, 6.45) is 0. The largest absolute Gasteiger partial charge is 0.545 e. The first-order chi connectivity index (χ1) is 13.6. The number of carboxylic acids is 1. The number of rotatable bonds is 9. The van der Waals surface area contributed by atoms with Crippen molar-refractivity contribution >= 4 is 28.9 Å². The first-order valence-electron chi connectivity index (χ1n) is 8.70. The highest BCUT2D eigenvalue weighted by molar-refractivity contribution is 7.09. The van der Waals surface area contributed by atoms with E-state index in [1.807, 2.05) is 29.6 Å². The van der Waals surface area contributed by atoms with Crippen LogP contribution in [0.1, 0.15) is 26.4 Å². The highest BCUT2D eigenvalue weighted by atomic mass is 35.5. The average molecular weight is 418 g/mol. The lowest BCUT2D eigenvalue weighted by molar-refractivity contribution is -0.686. The van der Waals surface area contributed by atoms with Crippen molar-refractivity contribution in [3.8, 4) is 11.5 Å². The van der Waals surface area contributed by atoms with Gasteiger partial charge in [0.05, 0.1) is 18.1 Å². The maximum absolute atomic E-state index is 10.8. The lowest BCUT2D eigenvalue weighted by Crippen LogP contribution is -2.80. The molecule has 0 saturated carbocycles.